The van der Waals surface area contributed by atoms with Crippen molar-refractivity contribution in [1.29, 1.82) is 0 Å². The maximum absolute atomic E-state index is 13.2. The molecule has 1 atom stereocenters. The summed E-state index contributed by atoms with van der Waals surface area (Å²) in [6, 6.07) is 118. The molecule has 13 aromatic carbocycles. The van der Waals surface area contributed by atoms with Gasteiger partial charge in [0.2, 0.25) is 0 Å². The number of hydrogen-bond donors (Lipinski definition) is 1. The van der Waals surface area contributed by atoms with Gasteiger partial charge >= 0.3 is 5.97 Å². The van der Waals surface area contributed by atoms with Crippen LogP contribution < -0.4 is 9.80 Å². The third kappa shape index (κ3) is 17.3. The number of carboxylic acid groups (broad SMARTS) is 1. The van der Waals surface area contributed by atoms with Gasteiger partial charge in [-0.15, -0.1) is 12.1 Å². The number of aromatic nitrogens is 5. The summed E-state index contributed by atoms with van der Waals surface area (Å²) in [7, 11) is 0. The molecule has 1 fully saturated rings. The third-order valence-corrected chi connectivity index (χ3v) is 23.4. The molecule has 119 heavy (non-hydrogen) atoms. The van der Waals surface area contributed by atoms with E-state index in [0.29, 0.717) is 11.6 Å². The summed E-state index contributed by atoms with van der Waals surface area (Å²) in [5, 5.41) is 16.1. The molecule has 0 saturated heterocycles. The first kappa shape index (κ1) is 81.3. The standard InChI is InChI=1S/C46H46N2.C44H39N3.C11H6F2N.C6H5NO2.Ir/c1-34-8-20-40(21-9-34)47(41-22-10-35(2)11-23-41)44-28-16-38(17-29-44)46(32-6-5-7-33-46)39-18-30-45(31-19-39)48(42-24-12-36(3)13-25-42)43-26-14-37(4)15-27-43;1-3-5-14-30(4-2)29-45-39-25-23-31(46-41-19-10-6-15-33(41)34-16-7-11-20-42(34)46)27-37(39)38-28-32(24-26-40(38)45)47-43-21-12-8-17-35(43)36-18-9-13-22-44(36)47;12-8-4-5-9(10(13)7-8)11-3-1-2-6-14-11;8-6(9)5-3-1-2-4-7-5;/h8-31H,5-7,32-33H2,1-4H3;6-13,15-28,30H,3-5,14,29H2,1-2H3;1-4,6-7H;1-4H,(H,8,9);/q;;-1;;. The molecular weight excluding hydrogens is 1650 g/mol. The van der Waals surface area contributed by atoms with Crippen molar-refractivity contribution in [3.63, 3.8) is 0 Å². The van der Waals surface area contributed by atoms with Crippen molar-refractivity contribution in [2.45, 2.75) is 111 Å². The average molecular weight is 1740 g/mol. The van der Waals surface area contributed by atoms with Crippen LogP contribution in [-0.2, 0) is 32.1 Å². The molecule has 1 aliphatic rings. The van der Waals surface area contributed by atoms with Gasteiger partial charge in [-0.05, 0) is 221 Å². The fourth-order valence-electron chi connectivity index (χ4n) is 17.2. The van der Waals surface area contributed by atoms with Gasteiger partial charge in [0, 0.05) is 145 Å². The van der Waals surface area contributed by atoms with E-state index in [1.165, 1.54) is 214 Å². The van der Waals surface area contributed by atoms with Crippen LogP contribution in [0.15, 0.2) is 340 Å². The molecule has 0 amide bonds. The van der Waals surface area contributed by atoms with Gasteiger partial charge < -0.3 is 33.6 Å². The van der Waals surface area contributed by atoms with Crippen LogP contribution in [0.25, 0.3) is 88.0 Å². The molecule has 1 radical (unpaired) electrons. The number of pyridine rings is 2. The Balaban J connectivity index is 0.000000145. The molecule has 1 N–H and O–H groups in total. The molecule has 9 nitrogen and oxygen atoms in total. The van der Waals surface area contributed by atoms with Crippen LogP contribution in [0, 0.1) is 51.3 Å². The minimum absolute atomic E-state index is 0. The fourth-order valence-corrected chi connectivity index (χ4v) is 17.2. The van der Waals surface area contributed by atoms with Crippen LogP contribution in [0.1, 0.15) is 116 Å². The smallest absolute Gasteiger partial charge is 0.354 e. The van der Waals surface area contributed by atoms with Gasteiger partial charge in [-0.3, -0.25) is 8.78 Å². The number of carboxylic acids is 1. The second kappa shape index (κ2) is 36.8. The molecule has 0 aliphatic heterocycles. The van der Waals surface area contributed by atoms with Gasteiger partial charge in [-0.2, -0.15) is 0 Å². The fraction of sp³-hybridized carbons (Fsp3) is 0.168. The summed E-state index contributed by atoms with van der Waals surface area (Å²) in [6.07, 6.45) is 14.1. The van der Waals surface area contributed by atoms with Gasteiger partial charge in [0.25, 0.3) is 0 Å². The van der Waals surface area contributed by atoms with E-state index in [-0.39, 0.29) is 36.8 Å². The Kier molecular flexibility index (Phi) is 25.1. The quantitative estimate of drug-likeness (QED) is 0.0862. The molecule has 5 heterocycles. The van der Waals surface area contributed by atoms with Crippen molar-refractivity contribution in [3.8, 4) is 22.6 Å². The van der Waals surface area contributed by atoms with E-state index in [1.54, 1.807) is 36.5 Å². The van der Waals surface area contributed by atoms with Crippen LogP contribution >= 0.6 is 0 Å². The molecule has 1 aliphatic carbocycles. The van der Waals surface area contributed by atoms with Gasteiger partial charge in [0.1, 0.15) is 5.69 Å². The molecule has 595 valence electrons. The number of benzene rings is 13. The minimum Gasteiger partial charge on any atom is -0.477 e. The van der Waals surface area contributed by atoms with Crippen molar-refractivity contribution in [2.75, 3.05) is 9.80 Å². The summed E-state index contributed by atoms with van der Waals surface area (Å²) in [5.41, 5.74) is 25.7. The summed E-state index contributed by atoms with van der Waals surface area (Å²) >= 11 is 0. The van der Waals surface area contributed by atoms with Crippen molar-refractivity contribution >= 4 is 106 Å². The Hall–Kier alpha value is -12.9. The zero-order chi connectivity index (χ0) is 81.2. The first-order valence-electron chi connectivity index (χ1n) is 41.3. The maximum atomic E-state index is 13.2. The van der Waals surface area contributed by atoms with E-state index in [1.807, 2.05) is 0 Å². The average Bonchev–Trinajstić information content (AvgIpc) is 1.59. The molecule has 19 rings (SSSR count). The predicted octanol–water partition coefficient (Wildman–Crippen LogP) is 28.9. The molecule has 1 unspecified atom stereocenters. The van der Waals surface area contributed by atoms with E-state index in [0.717, 1.165) is 18.7 Å². The number of carbonyl (C=O) groups is 1. The number of hydrogen-bond acceptors (Lipinski definition) is 5. The van der Waals surface area contributed by atoms with Crippen molar-refractivity contribution in [3.05, 3.63) is 397 Å². The summed E-state index contributed by atoms with van der Waals surface area (Å²) in [4.78, 5) is 22.4. The number of aryl methyl sites for hydroxylation is 4. The van der Waals surface area contributed by atoms with Gasteiger partial charge in [0.15, 0.2) is 0 Å². The Morgan fingerprint density at radius 3 is 1.16 bits per heavy atom. The zero-order valence-corrected chi connectivity index (χ0v) is 70.5. The van der Waals surface area contributed by atoms with Crippen molar-refractivity contribution in [2.24, 2.45) is 5.92 Å². The van der Waals surface area contributed by atoms with E-state index < -0.39 is 17.6 Å². The summed E-state index contributed by atoms with van der Waals surface area (Å²) in [5.74, 6) is -1.62. The Bertz CT molecular complexity index is 5990. The minimum atomic E-state index is -0.990. The Labute approximate surface area is 709 Å². The van der Waals surface area contributed by atoms with Crippen molar-refractivity contribution < 1.29 is 38.8 Å². The number of rotatable bonds is 18. The Morgan fingerprint density at radius 2 is 0.815 bits per heavy atom. The molecule has 12 heteroatoms. The zero-order valence-electron chi connectivity index (χ0n) is 68.1. The number of halogens is 2. The largest absolute Gasteiger partial charge is 0.477 e. The summed E-state index contributed by atoms with van der Waals surface area (Å²) in [6.45, 7) is 14.3. The molecule has 5 aromatic heterocycles. The second-order valence-corrected chi connectivity index (χ2v) is 31.2. The third-order valence-electron chi connectivity index (χ3n) is 23.4. The van der Waals surface area contributed by atoms with E-state index in [2.05, 4.69) is 360 Å². The maximum Gasteiger partial charge on any atom is 0.354 e. The molecule has 1 saturated carbocycles. The van der Waals surface area contributed by atoms with E-state index in [9.17, 15) is 13.6 Å². The van der Waals surface area contributed by atoms with E-state index >= 15 is 0 Å². The molecular formula is C107H96F2IrN7O2-. The normalized spacial score (nSPS) is 12.6. The van der Waals surface area contributed by atoms with Crippen LogP contribution in [0.4, 0.5) is 42.9 Å². The van der Waals surface area contributed by atoms with E-state index in [4.69, 9.17) is 5.11 Å². The number of para-hydroxylation sites is 4. The molecule has 0 spiro atoms. The number of nitrogens with zero attached hydrogens (tertiary/aromatic N) is 7. The molecule has 18 aromatic rings. The second-order valence-electron chi connectivity index (χ2n) is 31.2. The first-order chi connectivity index (χ1) is 57.7. The van der Waals surface area contributed by atoms with Crippen LogP contribution in [0.3, 0.4) is 0 Å². The number of aromatic carboxylic acids is 1. The molecule has 0 bridgehead atoms. The van der Waals surface area contributed by atoms with Gasteiger partial charge in [-0.25, -0.2) is 9.78 Å². The van der Waals surface area contributed by atoms with Gasteiger partial charge in [0.05, 0.1) is 22.1 Å². The van der Waals surface area contributed by atoms with Crippen LogP contribution in [0.2, 0.25) is 0 Å². The predicted molar refractivity (Wildman–Crippen MR) is 486 cm³/mol. The Morgan fingerprint density at radius 1 is 0.437 bits per heavy atom. The SMILES string of the molecule is CCCCC(CC)Cn1c2ccc(-n3c4ccccc4c4ccccc43)cc2c2cc(-n3c4ccccc4c4ccccc43)ccc21.Cc1ccc(N(c2ccc(C)cc2)c2ccc(C3(c4ccc(N(c5ccc(C)cc5)c5ccc(C)cc5)cc4)CCCCC3)cc2)cc1.Fc1c[c-]c(-c2ccccn2)c(F)c1.O=C(O)c1ccccn1.[Ir]. The number of unbranched alkanes of at least 4 members (excludes halogenated alkanes) is 1. The van der Waals surface area contributed by atoms with Crippen LogP contribution in [-0.4, -0.2) is 34.7 Å². The number of anilines is 6. The topological polar surface area (TPSA) is 84.4 Å². The monoisotopic (exact) mass is 1740 g/mol. The summed E-state index contributed by atoms with van der Waals surface area (Å²) < 4.78 is 33.3. The number of fused-ring (bicyclic) bond motifs is 9. The first-order valence-corrected chi connectivity index (χ1v) is 41.3. The van der Waals surface area contributed by atoms with Gasteiger partial charge in [-0.1, -0.05) is 250 Å². The van der Waals surface area contributed by atoms with Crippen molar-refractivity contribution in [1.82, 2.24) is 23.7 Å². The van der Waals surface area contributed by atoms with Crippen LogP contribution in [0.5, 0.6) is 0 Å².